The molecule has 0 atom stereocenters. The summed E-state index contributed by atoms with van der Waals surface area (Å²) in [5.41, 5.74) is 0.161. The number of benzene rings is 4. The van der Waals surface area contributed by atoms with Crippen molar-refractivity contribution in [3.8, 4) is 22.6 Å². The summed E-state index contributed by atoms with van der Waals surface area (Å²) >= 11 is 5.98. The van der Waals surface area contributed by atoms with Gasteiger partial charge in [0.2, 0.25) is 0 Å². The number of nitro benzene ring substituents is 1. The molecule has 0 radical (unpaired) electrons. The van der Waals surface area contributed by atoms with Gasteiger partial charge >= 0.3 is 0 Å². The maximum atomic E-state index is 12.9. The van der Waals surface area contributed by atoms with Crippen molar-refractivity contribution in [1.82, 2.24) is 0 Å². The summed E-state index contributed by atoms with van der Waals surface area (Å²) < 4.78 is 28.1. The first-order chi connectivity index (χ1) is 15.2. The van der Waals surface area contributed by atoms with E-state index in [1.54, 1.807) is 18.2 Å². The summed E-state index contributed by atoms with van der Waals surface area (Å²) in [6.45, 7) is 0. The molecular weight excluding hydrogens is 456 g/mol. The van der Waals surface area contributed by atoms with E-state index in [1.165, 1.54) is 24.3 Å². The molecule has 0 fully saturated rings. The molecule has 0 aromatic heterocycles. The molecule has 4 aromatic carbocycles. The minimum Gasteiger partial charge on any atom is -0.507 e. The number of halogens is 1. The first-order valence-corrected chi connectivity index (χ1v) is 11.0. The molecule has 0 amide bonds. The van der Waals surface area contributed by atoms with Gasteiger partial charge in [0.1, 0.15) is 16.4 Å². The van der Waals surface area contributed by atoms with Gasteiger partial charge in [0.25, 0.3) is 15.7 Å². The molecule has 8 nitrogen and oxygen atoms in total. The molecule has 0 spiro atoms. The van der Waals surface area contributed by atoms with Crippen molar-refractivity contribution in [1.29, 1.82) is 0 Å². The van der Waals surface area contributed by atoms with Gasteiger partial charge in [-0.05, 0) is 41.1 Å². The minimum absolute atomic E-state index is 0.0627. The van der Waals surface area contributed by atoms with Crippen LogP contribution in [0.2, 0.25) is 5.02 Å². The number of phenolic OH excluding ortho intramolecular Hbond substituents is 2. The summed E-state index contributed by atoms with van der Waals surface area (Å²) in [7, 11) is -4.29. The number of fused-ring (bicyclic) bond motifs is 1. The van der Waals surface area contributed by atoms with Gasteiger partial charge < -0.3 is 10.2 Å². The van der Waals surface area contributed by atoms with E-state index < -0.39 is 25.5 Å². The molecule has 4 rings (SSSR count). The maximum absolute atomic E-state index is 12.9. The minimum atomic E-state index is -4.29. The van der Waals surface area contributed by atoms with E-state index >= 15 is 0 Å². The first kappa shape index (κ1) is 21.4. The van der Waals surface area contributed by atoms with Gasteiger partial charge in [0, 0.05) is 28.9 Å². The lowest BCUT2D eigenvalue weighted by molar-refractivity contribution is -0.385. The van der Waals surface area contributed by atoms with E-state index in [4.69, 9.17) is 11.6 Å². The zero-order valence-electron chi connectivity index (χ0n) is 16.2. The van der Waals surface area contributed by atoms with Crippen LogP contribution in [-0.2, 0) is 10.0 Å². The predicted molar refractivity (Wildman–Crippen MR) is 122 cm³/mol. The van der Waals surface area contributed by atoms with E-state index in [-0.39, 0.29) is 27.8 Å². The third kappa shape index (κ3) is 3.91. The fourth-order valence-electron chi connectivity index (χ4n) is 3.36. The number of sulfonamides is 1. The summed E-state index contributed by atoms with van der Waals surface area (Å²) in [4.78, 5) is 9.84. The summed E-state index contributed by atoms with van der Waals surface area (Å²) in [6.07, 6.45) is 0. The standard InChI is InChI=1S/C22H15ClN2O6S/c23-18-8-7-15(25(28)29)12-21(18)32(30,31)24-14-6-10-19(26)17(11-14)22-16-4-2-1-3-13(16)5-9-20(22)27/h1-12,24,26-27H. The Morgan fingerprint density at radius 2 is 1.62 bits per heavy atom. The average Bonchev–Trinajstić information content (AvgIpc) is 2.75. The molecule has 0 bridgehead atoms. The van der Waals surface area contributed by atoms with Crippen LogP contribution >= 0.6 is 11.6 Å². The zero-order valence-corrected chi connectivity index (χ0v) is 17.8. The molecule has 0 aliphatic carbocycles. The topological polar surface area (TPSA) is 130 Å². The second-order valence-electron chi connectivity index (χ2n) is 6.89. The average molecular weight is 471 g/mol. The Morgan fingerprint density at radius 1 is 0.906 bits per heavy atom. The largest absolute Gasteiger partial charge is 0.507 e. The van der Waals surface area contributed by atoms with Gasteiger partial charge in [0.15, 0.2) is 0 Å². The van der Waals surface area contributed by atoms with E-state index in [9.17, 15) is 28.7 Å². The van der Waals surface area contributed by atoms with Crippen molar-refractivity contribution in [2.75, 3.05) is 4.72 Å². The quantitative estimate of drug-likeness (QED) is 0.206. The molecule has 4 aromatic rings. The number of nitrogens with one attached hydrogen (secondary N) is 1. The van der Waals surface area contributed by atoms with E-state index in [2.05, 4.69) is 4.72 Å². The molecule has 0 heterocycles. The van der Waals surface area contributed by atoms with Crippen LogP contribution in [0.1, 0.15) is 0 Å². The Hall–Kier alpha value is -3.82. The van der Waals surface area contributed by atoms with Crippen molar-refractivity contribution >= 4 is 43.8 Å². The molecule has 0 unspecified atom stereocenters. The van der Waals surface area contributed by atoms with Gasteiger partial charge in [-0.2, -0.15) is 0 Å². The molecule has 0 aliphatic heterocycles. The van der Waals surface area contributed by atoms with E-state index in [0.29, 0.717) is 10.9 Å². The molecule has 3 N–H and O–H groups in total. The number of nitro groups is 1. The number of hydrogen-bond acceptors (Lipinski definition) is 6. The lowest BCUT2D eigenvalue weighted by Crippen LogP contribution is -2.14. The highest BCUT2D eigenvalue weighted by Gasteiger charge is 2.23. The van der Waals surface area contributed by atoms with Gasteiger partial charge in [-0.3, -0.25) is 14.8 Å². The van der Waals surface area contributed by atoms with Gasteiger partial charge in [-0.15, -0.1) is 0 Å². The SMILES string of the molecule is O=[N+]([O-])c1ccc(Cl)c(S(=O)(=O)Nc2ccc(O)c(-c3c(O)ccc4ccccc34)c2)c1. The molecule has 32 heavy (non-hydrogen) atoms. The van der Waals surface area contributed by atoms with Gasteiger partial charge in [-0.1, -0.05) is 41.9 Å². The maximum Gasteiger partial charge on any atom is 0.270 e. The van der Waals surface area contributed by atoms with Crippen molar-refractivity contribution in [3.05, 3.63) is 87.9 Å². The Labute approximate surface area is 187 Å². The molecule has 0 aliphatic rings. The van der Waals surface area contributed by atoms with E-state index in [1.807, 2.05) is 12.1 Å². The lowest BCUT2D eigenvalue weighted by Gasteiger charge is -2.14. The van der Waals surface area contributed by atoms with Crippen molar-refractivity contribution in [2.24, 2.45) is 0 Å². The number of phenols is 2. The van der Waals surface area contributed by atoms with Crippen molar-refractivity contribution in [3.63, 3.8) is 0 Å². The van der Waals surface area contributed by atoms with Gasteiger partial charge in [0.05, 0.1) is 9.95 Å². The number of hydrogen-bond donors (Lipinski definition) is 3. The van der Waals surface area contributed by atoms with Crippen molar-refractivity contribution in [2.45, 2.75) is 4.90 Å². The number of aromatic hydroxyl groups is 2. The number of nitrogens with zero attached hydrogens (tertiary/aromatic N) is 1. The fourth-order valence-corrected chi connectivity index (χ4v) is 4.93. The fraction of sp³-hybridized carbons (Fsp3) is 0. The Bertz CT molecular complexity index is 1490. The summed E-state index contributed by atoms with van der Waals surface area (Å²) in [6, 6.07) is 17.5. The molecule has 0 saturated heterocycles. The van der Waals surface area contributed by atoms with E-state index in [0.717, 1.165) is 23.6 Å². The van der Waals surface area contributed by atoms with Crippen LogP contribution in [0, 0.1) is 10.1 Å². The summed E-state index contributed by atoms with van der Waals surface area (Å²) in [5.74, 6) is -0.270. The number of rotatable bonds is 5. The van der Waals surface area contributed by atoms with Crippen LogP contribution in [-0.4, -0.2) is 23.6 Å². The van der Waals surface area contributed by atoms with Crippen molar-refractivity contribution < 1.29 is 23.6 Å². The molecule has 162 valence electrons. The molecular formula is C22H15ClN2O6S. The Kier molecular flexibility index (Phi) is 5.37. The number of anilines is 1. The summed E-state index contributed by atoms with van der Waals surface area (Å²) in [5, 5.41) is 33.2. The van der Waals surface area contributed by atoms with Crippen LogP contribution in [0.15, 0.2) is 77.7 Å². The second kappa shape index (κ2) is 8.03. The third-order valence-corrected chi connectivity index (χ3v) is 6.70. The van der Waals surface area contributed by atoms with Gasteiger partial charge in [-0.25, -0.2) is 8.42 Å². The predicted octanol–water partition coefficient (Wildman–Crippen LogP) is 5.28. The van der Waals surface area contributed by atoms with Crippen LogP contribution in [0.3, 0.4) is 0 Å². The second-order valence-corrected chi connectivity index (χ2v) is 8.95. The molecule has 10 heteroatoms. The van der Waals surface area contributed by atoms with Crippen LogP contribution in [0.4, 0.5) is 11.4 Å². The Morgan fingerprint density at radius 3 is 2.38 bits per heavy atom. The van der Waals surface area contributed by atoms with Crippen LogP contribution in [0.5, 0.6) is 11.5 Å². The molecule has 0 saturated carbocycles. The van der Waals surface area contributed by atoms with Crippen LogP contribution in [0.25, 0.3) is 21.9 Å². The highest BCUT2D eigenvalue weighted by molar-refractivity contribution is 7.92. The third-order valence-electron chi connectivity index (χ3n) is 4.84. The highest BCUT2D eigenvalue weighted by Crippen LogP contribution is 2.42. The monoisotopic (exact) mass is 470 g/mol. The smallest absolute Gasteiger partial charge is 0.270 e. The lowest BCUT2D eigenvalue weighted by atomic mass is 9.96. The first-order valence-electron chi connectivity index (χ1n) is 9.18. The Balaban J connectivity index is 1.81. The number of non-ortho nitro benzene ring substituents is 1. The highest BCUT2D eigenvalue weighted by atomic mass is 35.5. The zero-order chi connectivity index (χ0) is 23.0. The van der Waals surface area contributed by atoms with Crippen LogP contribution < -0.4 is 4.72 Å². The normalized spacial score (nSPS) is 11.4.